The quantitative estimate of drug-likeness (QED) is 0.792. The number of hydrogen-bond acceptors (Lipinski definition) is 4. The van der Waals surface area contributed by atoms with Crippen LogP contribution in [0.25, 0.3) is 6.08 Å². The van der Waals surface area contributed by atoms with Gasteiger partial charge in [-0.1, -0.05) is 36.4 Å². The molecule has 1 aromatic heterocycles. The Labute approximate surface area is 158 Å². The van der Waals surface area contributed by atoms with Crippen LogP contribution in [0.5, 0.6) is 0 Å². The molecule has 0 atom stereocenters. The van der Waals surface area contributed by atoms with Crippen LogP contribution in [0.3, 0.4) is 0 Å². The monoisotopic (exact) mass is 370 g/mol. The lowest BCUT2D eigenvalue weighted by Gasteiger charge is -2.39. The molecule has 1 heterocycles. The van der Waals surface area contributed by atoms with Crippen LogP contribution in [0.2, 0.25) is 5.02 Å². The number of halogens is 1. The molecule has 0 bridgehead atoms. The van der Waals surface area contributed by atoms with Crippen LogP contribution < -0.4 is 11.3 Å². The highest BCUT2D eigenvalue weighted by Gasteiger charge is 2.35. The summed E-state index contributed by atoms with van der Waals surface area (Å²) in [4.78, 5) is 23.2. The van der Waals surface area contributed by atoms with Crippen molar-refractivity contribution < 1.29 is 0 Å². The maximum absolute atomic E-state index is 11.8. The van der Waals surface area contributed by atoms with Gasteiger partial charge in [0, 0.05) is 23.2 Å². The number of aromatic nitrogens is 2. The highest BCUT2D eigenvalue weighted by Crippen LogP contribution is 2.40. The van der Waals surface area contributed by atoms with Gasteiger partial charge in [-0.15, -0.1) is 0 Å². The summed E-state index contributed by atoms with van der Waals surface area (Å²) >= 11 is 6.16. The van der Waals surface area contributed by atoms with E-state index >= 15 is 0 Å². The summed E-state index contributed by atoms with van der Waals surface area (Å²) in [6.07, 6.45) is 8.38. The smallest absolute Gasteiger partial charge is 0.258 e. The Hall–Kier alpha value is -2.24. The van der Waals surface area contributed by atoms with Crippen molar-refractivity contribution in [2.45, 2.75) is 37.1 Å². The molecule has 6 heteroatoms. The first-order chi connectivity index (χ1) is 12.6. The first-order valence-electron chi connectivity index (χ1n) is 8.77. The number of nitrogens with two attached hydrogens (primary N) is 1. The van der Waals surface area contributed by atoms with Crippen LogP contribution in [-0.2, 0) is 5.41 Å². The number of nitrogens with one attached hydrogen (secondary N) is 1. The molecule has 0 aliphatic heterocycles. The second-order valence-electron chi connectivity index (χ2n) is 6.74. The maximum atomic E-state index is 11.8. The van der Waals surface area contributed by atoms with Gasteiger partial charge in [0.1, 0.15) is 0 Å². The molecule has 1 aliphatic rings. The number of rotatable bonds is 5. The van der Waals surface area contributed by atoms with Crippen LogP contribution in [-0.4, -0.2) is 28.8 Å². The van der Waals surface area contributed by atoms with Gasteiger partial charge in [-0.25, -0.2) is 4.98 Å². The Balaban J connectivity index is 1.73. The second kappa shape index (κ2) is 7.98. The molecular weight excluding hydrogens is 348 g/mol. The lowest BCUT2D eigenvalue weighted by Crippen LogP contribution is -2.39. The average Bonchev–Trinajstić information content (AvgIpc) is 2.67. The van der Waals surface area contributed by atoms with Crippen molar-refractivity contribution >= 4 is 23.9 Å². The van der Waals surface area contributed by atoms with E-state index < -0.39 is 0 Å². The first-order valence-corrected chi connectivity index (χ1v) is 9.15. The van der Waals surface area contributed by atoms with E-state index in [1.807, 2.05) is 18.2 Å². The lowest BCUT2D eigenvalue weighted by molar-refractivity contribution is 0.278. The van der Waals surface area contributed by atoms with Crippen molar-refractivity contribution in [2.75, 3.05) is 6.54 Å². The molecule has 0 radical (unpaired) electrons. The summed E-state index contributed by atoms with van der Waals surface area (Å²) in [5, 5.41) is 0.743. The van der Waals surface area contributed by atoms with Crippen molar-refractivity contribution in [3.8, 4) is 0 Å². The van der Waals surface area contributed by atoms with Crippen LogP contribution >= 0.6 is 11.6 Å². The summed E-state index contributed by atoms with van der Waals surface area (Å²) in [5.41, 5.74) is 8.11. The van der Waals surface area contributed by atoms with Gasteiger partial charge in [-0.05, 0) is 43.4 Å². The fourth-order valence-electron chi connectivity index (χ4n) is 3.63. The average molecular weight is 371 g/mol. The third kappa shape index (κ3) is 3.79. The van der Waals surface area contributed by atoms with Crippen LogP contribution in [0.1, 0.15) is 42.5 Å². The zero-order valence-corrected chi connectivity index (χ0v) is 15.4. The molecule has 3 rings (SSSR count). The lowest BCUT2D eigenvalue weighted by atomic mass is 9.68. The molecule has 1 saturated carbocycles. The zero-order chi connectivity index (χ0) is 18.6. The number of nitrogens with zero attached hydrogens (tertiary/aromatic N) is 2. The fourth-order valence-corrected chi connectivity index (χ4v) is 3.82. The van der Waals surface area contributed by atoms with Gasteiger partial charge in [0.05, 0.1) is 23.6 Å². The second-order valence-corrected chi connectivity index (χ2v) is 7.18. The number of hydrogen-bond donors (Lipinski definition) is 2. The van der Waals surface area contributed by atoms with E-state index in [-0.39, 0.29) is 17.0 Å². The van der Waals surface area contributed by atoms with Gasteiger partial charge in [-0.3, -0.25) is 9.79 Å². The highest BCUT2D eigenvalue weighted by atomic mass is 35.5. The summed E-state index contributed by atoms with van der Waals surface area (Å²) in [7, 11) is 0. The molecule has 136 valence electrons. The minimum Gasteiger partial charge on any atom is -0.330 e. The number of benzene rings is 1. The van der Waals surface area contributed by atoms with Crippen LogP contribution in [0.15, 0.2) is 47.0 Å². The van der Waals surface area contributed by atoms with E-state index in [0.29, 0.717) is 17.8 Å². The van der Waals surface area contributed by atoms with Crippen LogP contribution in [0, 0.1) is 0 Å². The molecule has 1 aliphatic carbocycles. The predicted octanol–water partition coefficient (Wildman–Crippen LogP) is 3.32. The van der Waals surface area contributed by atoms with Gasteiger partial charge < -0.3 is 10.7 Å². The third-order valence-corrected chi connectivity index (χ3v) is 5.51. The predicted molar refractivity (Wildman–Crippen MR) is 107 cm³/mol. The minimum absolute atomic E-state index is 0.0364. The highest BCUT2D eigenvalue weighted by molar-refractivity contribution is 6.30. The van der Waals surface area contributed by atoms with Gasteiger partial charge in [0.2, 0.25) is 0 Å². The molecule has 0 saturated heterocycles. The molecular formula is C20H23ClN4O. The maximum Gasteiger partial charge on any atom is 0.258 e. The Morgan fingerprint density at radius 1 is 1.42 bits per heavy atom. The summed E-state index contributed by atoms with van der Waals surface area (Å²) in [6.45, 7) is 4.27. The summed E-state index contributed by atoms with van der Waals surface area (Å²) < 4.78 is 0. The van der Waals surface area contributed by atoms with Crippen molar-refractivity contribution in [2.24, 2.45) is 10.7 Å². The Morgan fingerprint density at radius 2 is 2.19 bits per heavy atom. The summed E-state index contributed by atoms with van der Waals surface area (Å²) in [6, 6.07) is 8.20. The van der Waals surface area contributed by atoms with Crippen molar-refractivity contribution in [1.29, 1.82) is 0 Å². The number of aliphatic imine (C=N–C) groups is 1. The van der Waals surface area contributed by atoms with E-state index in [1.165, 1.54) is 18.0 Å². The molecule has 1 fully saturated rings. The first kappa shape index (κ1) is 18.5. The number of H-pyrrole nitrogens is 1. The Kier molecular flexibility index (Phi) is 5.69. The molecule has 5 nitrogen and oxygen atoms in total. The molecule has 0 unspecified atom stereocenters. The molecule has 0 spiro atoms. The van der Waals surface area contributed by atoms with Crippen molar-refractivity contribution in [3.05, 3.63) is 69.4 Å². The van der Waals surface area contributed by atoms with E-state index in [1.54, 1.807) is 6.21 Å². The zero-order valence-electron chi connectivity index (χ0n) is 14.6. The van der Waals surface area contributed by atoms with E-state index in [9.17, 15) is 4.79 Å². The normalized spacial score (nSPS) is 23.2. The third-order valence-electron chi connectivity index (χ3n) is 5.27. The van der Waals surface area contributed by atoms with E-state index in [4.69, 9.17) is 17.3 Å². The van der Waals surface area contributed by atoms with Crippen molar-refractivity contribution in [3.63, 3.8) is 0 Å². The largest absolute Gasteiger partial charge is 0.330 e. The molecule has 1 aromatic carbocycles. The summed E-state index contributed by atoms with van der Waals surface area (Å²) in [5.74, 6) is 0. The number of aromatic amines is 1. The standard InChI is InChI=1S/C20H23ClN4O/c1-2-17-18(24-13-25-19(17)26)11-23-16-6-8-20(12-22,9-7-16)14-4-3-5-15(21)10-14/h2-5,10-11,13,16H,1,6-9,12,22H2,(H,24,25,26)/b23-11+/t16-,20-. The topological polar surface area (TPSA) is 84.1 Å². The minimum atomic E-state index is -0.205. The van der Waals surface area contributed by atoms with E-state index in [2.05, 4.69) is 27.6 Å². The molecule has 3 N–H and O–H groups in total. The van der Waals surface area contributed by atoms with Gasteiger partial charge >= 0.3 is 0 Å². The van der Waals surface area contributed by atoms with Gasteiger partial charge in [0.25, 0.3) is 5.56 Å². The molecule has 26 heavy (non-hydrogen) atoms. The molecule has 0 amide bonds. The Bertz CT molecular complexity index is 866. The van der Waals surface area contributed by atoms with E-state index in [0.717, 1.165) is 30.7 Å². The Morgan fingerprint density at radius 3 is 2.85 bits per heavy atom. The fraction of sp³-hybridized carbons (Fsp3) is 0.350. The van der Waals surface area contributed by atoms with Gasteiger partial charge in [-0.2, -0.15) is 0 Å². The SMILES string of the molecule is C=Cc1c(/C=N/[C@H]2CC[C@](CN)(c3cccc(Cl)c3)CC2)nc[nH]c1=O. The van der Waals surface area contributed by atoms with Crippen LogP contribution in [0.4, 0.5) is 0 Å². The van der Waals surface area contributed by atoms with Crippen molar-refractivity contribution in [1.82, 2.24) is 9.97 Å². The van der Waals surface area contributed by atoms with Gasteiger partial charge in [0.15, 0.2) is 0 Å². The molecule has 2 aromatic rings.